The van der Waals surface area contributed by atoms with E-state index in [1.54, 1.807) is 12.1 Å². The number of carbonyl (C=O) groups is 2. The molecule has 0 unspecified atom stereocenters. The molecule has 0 radical (unpaired) electrons. The van der Waals surface area contributed by atoms with Crippen molar-refractivity contribution in [1.82, 2.24) is 9.97 Å². The molecule has 7 heteroatoms. The van der Waals surface area contributed by atoms with Gasteiger partial charge in [0.15, 0.2) is 0 Å². The summed E-state index contributed by atoms with van der Waals surface area (Å²) in [6, 6.07) is 19.2. The molecule has 0 spiro atoms. The van der Waals surface area contributed by atoms with Gasteiger partial charge in [-0.3, -0.25) is 19.5 Å². The van der Waals surface area contributed by atoms with Gasteiger partial charge in [-0.1, -0.05) is 42.0 Å². The second-order valence-electron chi connectivity index (χ2n) is 7.86. The SMILES string of the molecule is Cc1ccc(N(C(=O)c2cnccn2)[C@@H](C(=O)Nc2ccc(F)cc2)c2ccccc2C)cc1. The van der Waals surface area contributed by atoms with E-state index in [1.165, 1.54) is 47.8 Å². The monoisotopic (exact) mass is 454 g/mol. The third-order valence-electron chi connectivity index (χ3n) is 5.41. The summed E-state index contributed by atoms with van der Waals surface area (Å²) in [6.45, 7) is 3.83. The molecule has 1 atom stereocenters. The highest BCUT2D eigenvalue weighted by atomic mass is 19.1. The van der Waals surface area contributed by atoms with Crippen LogP contribution in [0.15, 0.2) is 91.4 Å². The van der Waals surface area contributed by atoms with Crippen LogP contribution in [-0.4, -0.2) is 21.8 Å². The average Bonchev–Trinajstić information content (AvgIpc) is 2.85. The predicted octanol–water partition coefficient (Wildman–Crippen LogP) is 5.26. The number of hydrogen-bond donors (Lipinski definition) is 1. The Balaban J connectivity index is 1.85. The lowest BCUT2D eigenvalue weighted by Gasteiger charge is -2.32. The lowest BCUT2D eigenvalue weighted by Crippen LogP contribution is -2.42. The van der Waals surface area contributed by atoms with Crippen LogP contribution in [0.3, 0.4) is 0 Å². The highest BCUT2D eigenvalue weighted by Gasteiger charge is 2.35. The van der Waals surface area contributed by atoms with Gasteiger partial charge in [-0.15, -0.1) is 0 Å². The summed E-state index contributed by atoms with van der Waals surface area (Å²) in [7, 11) is 0. The normalized spacial score (nSPS) is 11.5. The van der Waals surface area contributed by atoms with Crippen molar-refractivity contribution >= 4 is 23.2 Å². The van der Waals surface area contributed by atoms with Crippen LogP contribution in [0, 0.1) is 19.7 Å². The molecule has 0 bridgehead atoms. The van der Waals surface area contributed by atoms with Gasteiger partial charge < -0.3 is 5.32 Å². The van der Waals surface area contributed by atoms with Crippen LogP contribution in [0.1, 0.15) is 33.2 Å². The van der Waals surface area contributed by atoms with Gasteiger partial charge in [0.2, 0.25) is 0 Å². The fraction of sp³-hybridized carbons (Fsp3) is 0.111. The molecule has 4 rings (SSSR count). The number of halogens is 1. The summed E-state index contributed by atoms with van der Waals surface area (Å²) in [6.07, 6.45) is 4.28. The van der Waals surface area contributed by atoms with Crippen molar-refractivity contribution in [3.8, 4) is 0 Å². The molecular weight excluding hydrogens is 431 g/mol. The number of aryl methyl sites for hydroxylation is 2. The van der Waals surface area contributed by atoms with Gasteiger partial charge in [-0.2, -0.15) is 0 Å². The number of hydrogen-bond acceptors (Lipinski definition) is 4. The van der Waals surface area contributed by atoms with E-state index in [9.17, 15) is 14.0 Å². The maximum absolute atomic E-state index is 13.8. The largest absolute Gasteiger partial charge is 0.324 e. The van der Waals surface area contributed by atoms with Gasteiger partial charge in [0.25, 0.3) is 11.8 Å². The van der Waals surface area contributed by atoms with Crippen LogP contribution in [0.2, 0.25) is 0 Å². The molecule has 0 fully saturated rings. The fourth-order valence-electron chi connectivity index (χ4n) is 3.66. The second kappa shape index (κ2) is 10.0. The van der Waals surface area contributed by atoms with Crippen molar-refractivity contribution in [2.24, 2.45) is 0 Å². The van der Waals surface area contributed by atoms with E-state index in [4.69, 9.17) is 0 Å². The second-order valence-corrected chi connectivity index (χ2v) is 7.86. The minimum atomic E-state index is -1.02. The minimum Gasteiger partial charge on any atom is -0.324 e. The summed E-state index contributed by atoms with van der Waals surface area (Å²) in [4.78, 5) is 37.1. The highest BCUT2D eigenvalue weighted by Crippen LogP contribution is 2.32. The summed E-state index contributed by atoms with van der Waals surface area (Å²) >= 11 is 0. The lowest BCUT2D eigenvalue weighted by molar-refractivity contribution is -0.117. The van der Waals surface area contributed by atoms with Crippen LogP contribution < -0.4 is 10.2 Å². The fourth-order valence-corrected chi connectivity index (χ4v) is 3.66. The predicted molar refractivity (Wildman–Crippen MR) is 129 cm³/mol. The summed E-state index contributed by atoms with van der Waals surface area (Å²) in [5.74, 6) is -1.33. The number of rotatable bonds is 6. The number of anilines is 2. The summed E-state index contributed by atoms with van der Waals surface area (Å²) in [5, 5.41) is 2.83. The average molecular weight is 455 g/mol. The number of amides is 2. The zero-order valence-electron chi connectivity index (χ0n) is 18.8. The van der Waals surface area contributed by atoms with E-state index in [-0.39, 0.29) is 5.69 Å². The van der Waals surface area contributed by atoms with E-state index in [0.29, 0.717) is 16.9 Å². The Bertz CT molecular complexity index is 1290. The van der Waals surface area contributed by atoms with Gasteiger partial charge >= 0.3 is 0 Å². The number of nitrogens with zero attached hydrogens (tertiary/aromatic N) is 3. The van der Waals surface area contributed by atoms with Gasteiger partial charge in [0.1, 0.15) is 17.6 Å². The van der Waals surface area contributed by atoms with Crippen molar-refractivity contribution in [1.29, 1.82) is 0 Å². The molecule has 0 saturated carbocycles. The molecule has 1 N–H and O–H groups in total. The molecule has 0 aliphatic carbocycles. The van der Waals surface area contributed by atoms with Crippen molar-refractivity contribution in [2.45, 2.75) is 19.9 Å². The summed E-state index contributed by atoms with van der Waals surface area (Å²) in [5.41, 5.74) is 3.56. The molecule has 1 aromatic heterocycles. The lowest BCUT2D eigenvalue weighted by atomic mass is 9.97. The first-order chi connectivity index (χ1) is 16.4. The molecule has 170 valence electrons. The highest BCUT2D eigenvalue weighted by molar-refractivity contribution is 6.11. The zero-order chi connectivity index (χ0) is 24.1. The maximum atomic E-state index is 13.8. The minimum absolute atomic E-state index is 0.108. The third-order valence-corrected chi connectivity index (χ3v) is 5.41. The van der Waals surface area contributed by atoms with Crippen molar-refractivity contribution < 1.29 is 14.0 Å². The molecule has 3 aromatic carbocycles. The molecule has 6 nitrogen and oxygen atoms in total. The molecule has 34 heavy (non-hydrogen) atoms. The van der Waals surface area contributed by atoms with E-state index in [0.717, 1.165) is 11.1 Å². The number of nitrogens with one attached hydrogen (secondary N) is 1. The van der Waals surface area contributed by atoms with E-state index in [1.807, 2.05) is 50.2 Å². The Kier molecular flexibility index (Phi) is 6.73. The van der Waals surface area contributed by atoms with Crippen LogP contribution in [0.25, 0.3) is 0 Å². The standard InChI is InChI=1S/C27H23FN4O2/c1-18-7-13-22(14-8-18)32(27(34)24-17-29-15-16-30-24)25(23-6-4-3-5-19(23)2)26(33)31-21-11-9-20(28)10-12-21/h3-17,25H,1-2H3,(H,31,33)/t25-/m1/s1. The molecule has 2 amide bonds. The van der Waals surface area contributed by atoms with Crippen LogP contribution >= 0.6 is 0 Å². The maximum Gasteiger partial charge on any atom is 0.279 e. The van der Waals surface area contributed by atoms with E-state index < -0.39 is 23.7 Å². The first kappa shape index (κ1) is 22.8. The molecule has 0 aliphatic heterocycles. The van der Waals surface area contributed by atoms with Gasteiger partial charge in [0, 0.05) is 23.8 Å². The van der Waals surface area contributed by atoms with E-state index in [2.05, 4.69) is 15.3 Å². The molecule has 0 aliphatic rings. The van der Waals surface area contributed by atoms with E-state index >= 15 is 0 Å². The number of carbonyl (C=O) groups excluding carboxylic acids is 2. The molecule has 1 heterocycles. The van der Waals surface area contributed by atoms with Gasteiger partial charge in [-0.25, -0.2) is 9.37 Å². The summed E-state index contributed by atoms with van der Waals surface area (Å²) < 4.78 is 13.4. The zero-order valence-corrected chi connectivity index (χ0v) is 18.8. The molecule has 0 saturated heterocycles. The van der Waals surface area contributed by atoms with Crippen molar-refractivity contribution in [2.75, 3.05) is 10.2 Å². The Hall–Kier alpha value is -4.39. The van der Waals surface area contributed by atoms with Crippen LogP contribution in [-0.2, 0) is 4.79 Å². The Morgan fingerprint density at radius 1 is 0.912 bits per heavy atom. The first-order valence-electron chi connectivity index (χ1n) is 10.7. The van der Waals surface area contributed by atoms with Crippen molar-refractivity contribution in [3.05, 3.63) is 120 Å². The van der Waals surface area contributed by atoms with Crippen LogP contribution in [0.4, 0.5) is 15.8 Å². The molecular formula is C27H23FN4O2. The molecule has 4 aromatic rings. The number of aromatic nitrogens is 2. The Morgan fingerprint density at radius 2 is 1.62 bits per heavy atom. The van der Waals surface area contributed by atoms with Gasteiger partial charge in [-0.05, 0) is 61.4 Å². The smallest absolute Gasteiger partial charge is 0.279 e. The quantitative estimate of drug-likeness (QED) is 0.431. The Morgan fingerprint density at radius 3 is 2.26 bits per heavy atom. The number of benzene rings is 3. The Labute approximate surface area is 197 Å². The van der Waals surface area contributed by atoms with Crippen LogP contribution in [0.5, 0.6) is 0 Å². The van der Waals surface area contributed by atoms with Crippen molar-refractivity contribution in [3.63, 3.8) is 0 Å². The first-order valence-corrected chi connectivity index (χ1v) is 10.7. The topological polar surface area (TPSA) is 75.2 Å². The third kappa shape index (κ3) is 4.99. The van der Waals surface area contributed by atoms with Gasteiger partial charge in [0.05, 0.1) is 6.20 Å².